The summed E-state index contributed by atoms with van der Waals surface area (Å²) >= 11 is 0. The summed E-state index contributed by atoms with van der Waals surface area (Å²) < 4.78 is 5.37. The lowest BCUT2D eigenvalue weighted by Gasteiger charge is -2.37. The number of fused-ring (bicyclic) bond motifs is 1. The van der Waals surface area contributed by atoms with Crippen LogP contribution in [-0.4, -0.2) is 51.1 Å². The number of phenolic OH excluding ortho intramolecular Hbond substituents is 1. The maximum atomic E-state index is 13.4. The Morgan fingerprint density at radius 2 is 2.13 bits per heavy atom. The fourth-order valence-electron chi connectivity index (χ4n) is 4.78. The minimum absolute atomic E-state index is 0.00110. The third-order valence-corrected chi connectivity index (χ3v) is 6.51. The van der Waals surface area contributed by atoms with Crippen LogP contribution in [0.3, 0.4) is 0 Å². The van der Waals surface area contributed by atoms with Crippen LogP contribution >= 0.6 is 0 Å². The second-order valence-electron chi connectivity index (χ2n) is 8.52. The molecular weight excluding hydrogens is 400 g/mol. The van der Waals surface area contributed by atoms with Crippen LogP contribution in [0, 0.1) is 5.41 Å². The minimum atomic E-state index is -0.452. The van der Waals surface area contributed by atoms with Crippen LogP contribution in [0.1, 0.15) is 46.4 Å². The molecule has 2 aliphatic rings. The fourth-order valence-corrected chi connectivity index (χ4v) is 4.78. The van der Waals surface area contributed by atoms with Gasteiger partial charge in [0, 0.05) is 30.8 Å². The first-order valence-electron chi connectivity index (χ1n) is 10.3. The number of aromatic amines is 1. The lowest BCUT2D eigenvalue weighted by molar-refractivity contribution is 0.0686. The van der Waals surface area contributed by atoms with E-state index in [9.17, 15) is 19.5 Å². The number of hydrogen-bond acceptors (Lipinski definition) is 6. The molecule has 2 fully saturated rings. The van der Waals surface area contributed by atoms with Crippen molar-refractivity contribution in [3.8, 4) is 5.75 Å². The standard InChI is InChI=1S/C22H22N4O5/c27-17-6-13(7-18-16(17)2-5-31-18)21(30)26-12-22(3-1-4-22)9-15(26)11-23-20(29)14-8-19(28)25-24-10-14/h2,5-8,10,15,27H,1,3-4,9,11-12H2,(H,23,29)(H,25,28). The van der Waals surface area contributed by atoms with E-state index in [2.05, 4.69) is 15.5 Å². The number of likely N-dealkylation sites (tertiary alicyclic amines) is 1. The summed E-state index contributed by atoms with van der Waals surface area (Å²) in [6.45, 7) is 0.893. The molecule has 3 heterocycles. The molecule has 3 aromatic rings. The molecule has 1 aromatic carbocycles. The zero-order valence-corrected chi connectivity index (χ0v) is 16.8. The van der Waals surface area contributed by atoms with Crippen LogP contribution < -0.4 is 10.9 Å². The van der Waals surface area contributed by atoms with Gasteiger partial charge in [0.1, 0.15) is 11.3 Å². The molecule has 1 aliphatic carbocycles. The number of nitrogens with zero attached hydrogens (tertiary/aromatic N) is 2. The van der Waals surface area contributed by atoms with Crippen molar-refractivity contribution >= 4 is 22.8 Å². The van der Waals surface area contributed by atoms with Gasteiger partial charge in [-0.05, 0) is 42.9 Å². The molecule has 9 heteroatoms. The van der Waals surface area contributed by atoms with Gasteiger partial charge in [-0.3, -0.25) is 14.4 Å². The van der Waals surface area contributed by atoms with Crippen molar-refractivity contribution < 1.29 is 19.1 Å². The molecule has 160 valence electrons. The molecule has 5 rings (SSSR count). The van der Waals surface area contributed by atoms with Crippen LogP contribution in [-0.2, 0) is 0 Å². The first kappa shape index (κ1) is 19.3. The van der Waals surface area contributed by atoms with Gasteiger partial charge in [0.25, 0.3) is 17.4 Å². The number of rotatable bonds is 4. The average Bonchev–Trinajstić information content (AvgIpc) is 3.36. The van der Waals surface area contributed by atoms with E-state index < -0.39 is 11.5 Å². The van der Waals surface area contributed by atoms with Crippen LogP contribution in [0.5, 0.6) is 5.75 Å². The normalized spacial score (nSPS) is 19.5. The minimum Gasteiger partial charge on any atom is -0.507 e. The molecule has 1 unspecified atom stereocenters. The first-order valence-corrected chi connectivity index (χ1v) is 10.3. The summed E-state index contributed by atoms with van der Waals surface area (Å²) in [5.41, 5.74) is 0.616. The third-order valence-electron chi connectivity index (χ3n) is 6.51. The third kappa shape index (κ3) is 3.45. The molecule has 1 aliphatic heterocycles. The SMILES string of the molecule is O=C(NCC1CC2(CCC2)CN1C(=O)c1cc(O)c2ccoc2c1)c1cn[nH]c(=O)c1. The largest absolute Gasteiger partial charge is 0.507 e. The highest BCUT2D eigenvalue weighted by Gasteiger charge is 2.49. The maximum absolute atomic E-state index is 13.4. The molecule has 0 bridgehead atoms. The smallest absolute Gasteiger partial charge is 0.264 e. The fraction of sp³-hybridized carbons (Fsp3) is 0.364. The molecule has 3 N–H and O–H groups in total. The van der Waals surface area contributed by atoms with E-state index in [0.29, 0.717) is 23.1 Å². The van der Waals surface area contributed by atoms with Gasteiger partial charge in [-0.1, -0.05) is 6.42 Å². The summed E-state index contributed by atoms with van der Waals surface area (Å²) in [7, 11) is 0. The highest BCUT2D eigenvalue weighted by atomic mass is 16.3. The van der Waals surface area contributed by atoms with Crippen LogP contribution in [0.2, 0.25) is 0 Å². The number of phenols is 1. The van der Waals surface area contributed by atoms with Gasteiger partial charge in [0.2, 0.25) is 0 Å². The van der Waals surface area contributed by atoms with Crippen molar-refractivity contribution in [1.29, 1.82) is 0 Å². The van der Waals surface area contributed by atoms with E-state index in [-0.39, 0.29) is 35.2 Å². The van der Waals surface area contributed by atoms with E-state index in [1.807, 2.05) is 0 Å². The van der Waals surface area contributed by atoms with Gasteiger partial charge >= 0.3 is 0 Å². The van der Waals surface area contributed by atoms with Crippen molar-refractivity contribution in [2.45, 2.75) is 31.7 Å². The number of furan rings is 1. The molecule has 2 amide bonds. The first-order chi connectivity index (χ1) is 14.9. The Hall–Kier alpha value is -3.62. The van der Waals surface area contributed by atoms with Gasteiger partial charge in [0.15, 0.2) is 0 Å². The topological polar surface area (TPSA) is 129 Å². The Balaban J connectivity index is 1.37. The number of hydrogen-bond donors (Lipinski definition) is 3. The lowest BCUT2D eigenvalue weighted by atomic mass is 9.67. The highest BCUT2D eigenvalue weighted by Crippen LogP contribution is 2.50. The summed E-state index contributed by atoms with van der Waals surface area (Å²) in [4.78, 5) is 39.0. The zero-order valence-electron chi connectivity index (χ0n) is 16.8. The van der Waals surface area contributed by atoms with Gasteiger partial charge in [-0.15, -0.1) is 0 Å². The molecular formula is C22H22N4O5. The van der Waals surface area contributed by atoms with Gasteiger partial charge in [-0.2, -0.15) is 5.10 Å². The number of aromatic hydroxyl groups is 1. The number of H-pyrrole nitrogens is 1. The van der Waals surface area contributed by atoms with Crippen molar-refractivity contribution in [2.75, 3.05) is 13.1 Å². The number of benzene rings is 1. The molecule has 0 radical (unpaired) electrons. The quantitative estimate of drug-likeness (QED) is 0.590. The monoisotopic (exact) mass is 422 g/mol. The number of carbonyl (C=O) groups excluding carboxylic acids is 2. The predicted octanol–water partition coefficient (Wildman–Crippen LogP) is 2.04. The van der Waals surface area contributed by atoms with E-state index in [1.165, 1.54) is 24.6 Å². The number of aromatic nitrogens is 2. The zero-order chi connectivity index (χ0) is 21.6. The van der Waals surface area contributed by atoms with Crippen molar-refractivity contribution in [3.63, 3.8) is 0 Å². The summed E-state index contributed by atoms with van der Waals surface area (Å²) in [6.07, 6.45) is 6.83. The molecule has 1 saturated carbocycles. The molecule has 1 atom stereocenters. The Morgan fingerprint density at radius 1 is 1.29 bits per heavy atom. The summed E-state index contributed by atoms with van der Waals surface area (Å²) in [5.74, 6) is -0.608. The average molecular weight is 422 g/mol. The maximum Gasteiger partial charge on any atom is 0.264 e. The van der Waals surface area contributed by atoms with E-state index in [0.717, 1.165) is 25.7 Å². The summed E-state index contributed by atoms with van der Waals surface area (Å²) in [6, 6.07) is 5.76. The number of carbonyl (C=O) groups is 2. The second-order valence-corrected chi connectivity index (χ2v) is 8.52. The Morgan fingerprint density at radius 3 is 2.87 bits per heavy atom. The van der Waals surface area contributed by atoms with Crippen molar-refractivity contribution in [1.82, 2.24) is 20.4 Å². The van der Waals surface area contributed by atoms with E-state index >= 15 is 0 Å². The Labute approximate surface area is 177 Å². The van der Waals surface area contributed by atoms with Crippen LogP contribution in [0.15, 0.2) is 45.9 Å². The van der Waals surface area contributed by atoms with Gasteiger partial charge in [-0.25, -0.2) is 5.10 Å². The van der Waals surface area contributed by atoms with Crippen LogP contribution in [0.25, 0.3) is 11.0 Å². The van der Waals surface area contributed by atoms with E-state index in [4.69, 9.17) is 4.42 Å². The number of nitrogens with one attached hydrogen (secondary N) is 2. The Bertz CT molecular complexity index is 1230. The predicted molar refractivity (Wildman–Crippen MR) is 111 cm³/mol. The lowest BCUT2D eigenvalue weighted by Crippen LogP contribution is -2.43. The molecule has 31 heavy (non-hydrogen) atoms. The van der Waals surface area contributed by atoms with Crippen molar-refractivity contribution in [3.05, 3.63) is 58.2 Å². The number of amides is 2. The Kier molecular flexibility index (Phi) is 4.53. The molecule has 1 saturated heterocycles. The molecule has 2 aromatic heterocycles. The van der Waals surface area contributed by atoms with Gasteiger partial charge < -0.3 is 19.7 Å². The summed E-state index contributed by atoms with van der Waals surface area (Å²) in [5, 5.41) is 19.5. The van der Waals surface area contributed by atoms with Crippen molar-refractivity contribution in [2.24, 2.45) is 5.41 Å². The second kappa shape index (κ2) is 7.26. The van der Waals surface area contributed by atoms with Gasteiger partial charge in [0.05, 0.1) is 23.4 Å². The van der Waals surface area contributed by atoms with E-state index in [1.54, 1.807) is 17.0 Å². The molecule has 9 nitrogen and oxygen atoms in total. The van der Waals surface area contributed by atoms with Crippen LogP contribution in [0.4, 0.5) is 0 Å². The highest BCUT2D eigenvalue weighted by molar-refractivity contribution is 6.00. The molecule has 1 spiro atoms.